The summed E-state index contributed by atoms with van der Waals surface area (Å²) in [5, 5.41) is 23.1. The maximum atomic E-state index is 11.2. The Bertz CT molecular complexity index is 516. The summed E-state index contributed by atoms with van der Waals surface area (Å²) in [7, 11) is 1.43. The van der Waals surface area contributed by atoms with Gasteiger partial charge in [0.05, 0.1) is 24.0 Å². The molecule has 0 aliphatic rings. The van der Waals surface area contributed by atoms with Gasteiger partial charge in [0.15, 0.2) is 0 Å². The number of carboxylic acids is 1. The number of ether oxygens (including phenoxy) is 1. The zero-order valence-electron chi connectivity index (χ0n) is 12.3. The number of methoxy groups -OCH3 is 1. The molecule has 0 bridgehead atoms. The SMILES string of the molecule is COc1ccc(NCC(CC(C)C)C(=O)O)c([N+](=O)[O-])c1. The van der Waals surface area contributed by atoms with Crippen LogP contribution >= 0.6 is 0 Å². The second kappa shape index (κ2) is 7.47. The summed E-state index contributed by atoms with van der Waals surface area (Å²) in [5.41, 5.74) is 0.152. The number of anilines is 1. The summed E-state index contributed by atoms with van der Waals surface area (Å²) in [4.78, 5) is 21.7. The lowest BCUT2D eigenvalue weighted by Crippen LogP contribution is -2.24. The average Bonchev–Trinajstić information content (AvgIpc) is 2.42. The topological polar surface area (TPSA) is 102 Å². The minimum atomic E-state index is -0.910. The summed E-state index contributed by atoms with van der Waals surface area (Å²) in [5.74, 6) is -0.887. The molecule has 0 aliphatic carbocycles. The van der Waals surface area contributed by atoms with Crippen LogP contribution in [0.1, 0.15) is 20.3 Å². The number of carboxylic acid groups (broad SMARTS) is 1. The average molecular weight is 296 g/mol. The van der Waals surface area contributed by atoms with Gasteiger partial charge >= 0.3 is 5.97 Å². The van der Waals surface area contributed by atoms with Crippen LogP contribution in [0.4, 0.5) is 11.4 Å². The zero-order valence-corrected chi connectivity index (χ0v) is 12.3. The largest absolute Gasteiger partial charge is 0.496 e. The third-order valence-electron chi connectivity index (χ3n) is 3.05. The van der Waals surface area contributed by atoms with Crippen molar-refractivity contribution in [3.63, 3.8) is 0 Å². The Morgan fingerprint density at radius 2 is 2.14 bits per heavy atom. The highest BCUT2D eigenvalue weighted by atomic mass is 16.6. The van der Waals surface area contributed by atoms with E-state index in [0.29, 0.717) is 12.2 Å². The van der Waals surface area contributed by atoms with E-state index >= 15 is 0 Å². The Morgan fingerprint density at radius 3 is 2.62 bits per heavy atom. The van der Waals surface area contributed by atoms with Gasteiger partial charge in [0.25, 0.3) is 5.69 Å². The molecular formula is C14H20N2O5. The molecule has 1 rings (SSSR count). The number of nitrogens with one attached hydrogen (secondary N) is 1. The standard InChI is InChI=1S/C14H20N2O5/c1-9(2)6-10(14(17)18)8-15-12-5-4-11(21-3)7-13(12)16(19)20/h4-5,7,9-10,15H,6,8H2,1-3H3,(H,17,18). The van der Waals surface area contributed by atoms with Crippen molar-refractivity contribution in [2.45, 2.75) is 20.3 Å². The summed E-state index contributed by atoms with van der Waals surface area (Å²) in [6.45, 7) is 4.01. The minimum absolute atomic E-state index is 0.136. The monoisotopic (exact) mass is 296 g/mol. The van der Waals surface area contributed by atoms with Crippen LogP contribution < -0.4 is 10.1 Å². The number of rotatable bonds is 8. The van der Waals surface area contributed by atoms with Crippen molar-refractivity contribution in [2.24, 2.45) is 11.8 Å². The summed E-state index contributed by atoms with van der Waals surface area (Å²) in [6, 6.07) is 4.42. The van der Waals surface area contributed by atoms with Gasteiger partial charge in [0, 0.05) is 6.54 Å². The number of nitro benzene ring substituents is 1. The first-order valence-corrected chi connectivity index (χ1v) is 6.64. The molecule has 0 aromatic heterocycles. The van der Waals surface area contributed by atoms with E-state index in [0.717, 1.165) is 0 Å². The molecule has 21 heavy (non-hydrogen) atoms. The highest BCUT2D eigenvalue weighted by molar-refractivity contribution is 5.71. The van der Waals surface area contributed by atoms with Crippen molar-refractivity contribution in [1.29, 1.82) is 0 Å². The third kappa shape index (κ3) is 4.94. The number of benzene rings is 1. The maximum absolute atomic E-state index is 11.2. The molecule has 0 saturated heterocycles. The van der Waals surface area contributed by atoms with Crippen molar-refractivity contribution in [3.8, 4) is 5.75 Å². The lowest BCUT2D eigenvalue weighted by Gasteiger charge is -2.16. The van der Waals surface area contributed by atoms with Crippen molar-refractivity contribution in [2.75, 3.05) is 19.0 Å². The summed E-state index contributed by atoms with van der Waals surface area (Å²) < 4.78 is 4.95. The third-order valence-corrected chi connectivity index (χ3v) is 3.05. The highest BCUT2D eigenvalue weighted by Gasteiger charge is 2.21. The Balaban J connectivity index is 2.86. The van der Waals surface area contributed by atoms with Gasteiger partial charge in [-0.1, -0.05) is 13.8 Å². The summed E-state index contributed by atoms with van der Waals surface area (Å²) >= 11 is 0. The Morgan fingerprint density at radius 1 is 1.48 bits per heavy atom. The number of hydrogen-bond acceptors (Lipinski definition) is 5. The molecule has 1 aromatic carbocycles. The first kappa shape index (κ1) is 16.7. The number of nitrogens with zero attached hydrogens (tertiary/aromatic N) is 1. The van der Waals surface area contributed by atoms with E-state index in [4.69, 9.17) is 9.84 Å². The molecule has 0 aliphatic heterocycles. The van der Waals surface area contributed by atoms with Crippen molar-refractivity contribution in [1.82, 2.24) is 0 Å². The van der Waals surface area contributed by atoms with E-state index in [9.17, 15) is 14.9 Å². The fourth-order valence-electron chi connectivity index (χ4n) is 2.01. The van der Waals surface area contributed by atoms with E-state index in [1.807, 2.05) is 13.8 Å². The Kier molecular flexibility index (Phi) is 5.95. The van der Waals surface area contributed by atoms with Crippen LogP contribution in [-0.2, 0) is 4.79 Å². The van der Waals surface area contributed by atoms with Gasteiger partial charge in [-0.2, -0.15) is 0 Å². The molecule has 2 N–H and O–H groups in total. The van der Waals surface area contributed by atoms with Crippen LogP contribution in [0.15, 0.2) is 18.2 Å². The molecule has 1 aromatic rings. The predicted molar refractivity (Wildman–Crippen MR) is 78.7 cm³/mol. The molecule has 1 atom stereocenters. The van der Waals surface area contributed by atoms with Gasteiger partial charge in [-0.05, 0) is 24.5 Å². The lowest BCUT2D eigenvalue weighted by molar-refractivity contribution is -0.384. The van der Waals surface area contributed by atoms with E-state index in [-0.39, 0.29) is 23.8 Å². The van der Waals surface area contributed by atoms with Crippen LogP contribution in [0.3, 0.4) is 0 Å². The second-order valence-corrected chi connectivity index (χ2v) is 5.19. The predicted octanol–water partition coefficient (Wildman–Crippen LogP) is 2.76. The van der Waals surface area contributed by atoms with E-state index in [1.54, 1.807) is 6.07 Å². The molecule has 0 radical (unpaired) electrons. The van der Waals surface area contributed by atoms with Gasteiger partial charge in [-0.15, -0.1) is 0 Å². The van der Waals surface area contributed by atoms with Gasteiger partial charge in [0.1, 0.15) is 11.4 Å². The lowest BCUT2D eigenvalue weighted by atomic mass is 9.97. The molecule has 0 fully saturated rings. The maximum Gasteiger partial charge on any atom is 0.308 e. The molecule has 0 spiro atoms. The molecule has 7 nitrogen and oxygen atoms in total. The molecular weight excluding hydrogens is 276 g/mol. The minimum Gasteiger partial charge on any atom is -0.496 e. The van der Waals surface area contributed by atoms with Crippen molar-refractivity contribution < 1.29 is 19.6 Å². The number of hydrogen-bond donors (Lipinski definition) is 2. The first-order chi connectivity index (χ1) is 9.85. The van der Waals surface area contributed by atoms with Crippen LogP contribution in [0.5, 0.6) is 5.75 Å². The number of carbonyl (C=O) groups is 1. The van der Waals surface area contributed by atoms with E-state index in [1.165, 1.54) is 19.2 Å². The van der Waals surface area contributed by atoms with Gasteiger partial charge in [-0.25, -0.2) is 0 Å². The summed E-state index contributed by atoms with van der Waals surface area (Å²) in [6.07, 6.45) is 0.506. The number of aliphatic carboxylic acids is 1. The second-order valence-electron chi connectivity index (χ2n) is 5.19. The molecule has 0 saturated carbocycles. The van der Waals surface area contributed by atoms with Gasteiger partial charge < -0.3 is 15.2 Å². The Labute approximate surface area is 123 Å². The van der Waals surface area contributed by atoms with Crippen LogP contribution in [0, 0.1) is 22.0 Å². The van der Waals surface area contributed by atoms with Crippen molar-refractivity contribution in [3.05, 3.63) is 28.3 Å². The number of nitro groups is 1. The quantitative estimate of drug-likeness (QED) is 0.565. The van der Waals surface area contributed by atoms with Crippen LogP contribution in [0.25, 0.3) is 0 Å². The molecule has 7 heteroatoms. The van der Waals surface area contributed by atoms with Crippen LogP contribution in [0.2, 0.25) is 0 Å². The molecule has 1 unspecified atom stereocenters. The Hall–Kier alpha value is -2.31. The van der Waals surface area contributed by atoms with Crippen LogP contribution in [-0.4, -0.2) is 29.7 Å². The van der Waals surface area contributed by atoms with Gasteiger partial charge in [0.2, 0.25) is 0 Å². The normalized spacial score (nSPS) is 12.0. The zero-order chi connectivity index (χ0) is 16.0. The van der Waals surface area contributed by atoms with E-state index < -0.39 is 16.8 Å². The molecule has 0 amide bonds. The molecule has 0 heterocycles. The highest BCUT2D eigenvalue weighted by Crippen LogP contribution is 2.29. The smallest absolute Gasteiger partial charge is 0.308 e. The fraction of sp³-hybridized carbons (Fsp3) is 0.500. The van der Waals surface area contributed by atoms with Gasteiger partial charge in [-0.3, -0.25) is 14.9 Å². The van der Waals surface area contributed by atoms with Crippen molar-refractivity contribution >= 4 is 17.3 Å². The molecule has 116 valence electrons. The first-order valence-electron chi connectivity index (χ1n) is 6.64. The fourth-order valence-corrected chi connectivity index (χ4v) is 2.01. The van der Waals surface area contributed by atoms with E-state index in [2.05, 4.69) is 5.32 Å².